The Morgan fingerprint density at radius 1 is 1.00 bits per heavy atom. The van der Waals surface area contributed by atoms with Gasteiger partial charge >= 0.3 is 0 Å². The third-order valence-electron chi connectivity index (χ3n) is 3.54. The molecule has 0 heterocycles. The summed E-state index contributed by atoms with van der Waals surface area (Å²) in [5, 5.41) is 6.12. The van der Waals surface area contributed by atoms with Crippen LogP contribution in [0.4, 0.5) is 0 Å². The average Bonchev–Trinajstić information content (AvgIpc) is 3.14. The quantitative estimate of drug-likeness (QED) is 0.395. The highest BCUT2D eigenvalue weighted by atomic mass is 16.2. The van der Waals surface area contributed by atoms with Crippen molar-refractivity contribution >= 4 is 11.9 Å². The van der Waals surface area contributed by atoms with Crippen LogP contribution in [0.15, 0.2) is 4.99 Å². The lowest BCUT2D eigenvalue weighted by Crippen LogP contribution is -2.40. The molecule has 5 heteroatoms. The highest BCUT2D eigenvalue weighted by Gasteiger charge is 2.22. The van der Waals surface area contributed by atoms with E-state index < -0.39 is 0 Å². The Balaban J connectivity index is 1.68. The van der Waals surface area contributed by atoms with Crippen molar-refractivity contribution in [2.75, 3.05) is 6.54 Å². The summed E-state index contributed by atoms with van der Waals surface area (Å²) in [7, 11) is 0. The summed E-state index contributed by atoms with van der Waals surface area (Å²) in [6, 6.07) is 0.825. The first-order chi connectivity index (χ1) is 8.74. The molecule has 2 rings (SSSR count). The van der Waals surface area contributed by atoms with Crippen molar-refractivity contribution in [2.45, 2.75) is 63.5 Å². The van der Waals surface area contributed by atoms with Gasteiger partial charge in [-0.2, -0.15) is 0 Å². The van der Waals surface area contributed by atoms with Crippen LogP contribution in [0.1, 0.15) is 51.4 Å². The minimum absolute atomic E-state index is 0.0249. The van der Waals surface area contributed by atoms with Crippen molar-refractivity contribution in [3.05, 3.63) is 0 Å². The first kappa shape index (κ1) is 13.2. The lowest BCUT2D eigenvalue weighted by molar-refractivity contribution is -0.119. The lowest BCUT2D eigenvalue weighted by atomic mass is 10.1. The van der Waals surface area contributed by atoms with Crippen LogP contribution in [0.3, 0.4) is 0 Å². The van der Waals surface area contributed by atoms with Crippen LogP contribution in [-0.4, -0.2) is 30.5 Å². The smallest absolute Gasteiger partial charge is 0.242 e. The summed E-state index contributed by atoms with van der Waals surface area (Å²) in [6.07, 6.45) is 9.67. The fraction of sp³-hybridized carbons (Fsp3) is 0.846. The summed E-state index contributed by atoms with van der Waals surface area (Å²) >= 11 is 0. The maximum atomic E-state index is 11.4. The van der Waals surface area contributed by atoms with E-state index in [-0.39, 0.29) is 12.5 Å². The van der Waals surface area contributed by atoms with Crippen molar-refractivity contribution in [1.29, 1.82) is 0 Å². The summed E-state index contributed by atoms with van der Waals surface area (Å²) in [4.78, 5) is 15.5. The number of amides is 1. The van der Waals surface area contributed by atoms with Crippen LogP contribution in [0.2, 0.25) is 0 Å². The lowest BCUT2D eigenvalue weighted by Gasteiger charge is -2.16. The Bertz CT molecular complexity index is 304. The topological polar surface area (TPSA) is 79.5 Å². The molecule has 0 unspecified atom stereocenters. The number of carbonyl (C=O) groups excluding carboxylic acids is 1. The number of hydrogen-bond acceptors (Lipinski definition) is 2. The second kappa shape index (κ2) is 6.61. The Hall–Kier alpha value is -1.26. The molecule has 2 fully saturated rings. The minimum atomic E-state index is -0.0249. The number of nitrogens with one attached hydrogen (secondary N) is 2. The number of nitrogens with two attached hydrogens (primary N) is 1. The van der Waals surface area contributed by atoms with Crippen LogP contribution < -0.4 is 16.4 Å². The molecule has 0 atom stereocenters. The molecular weight excluding hydrogens is 228 g/mol. The van der Waals surface area contributed by atoms with Gasteiger partial charge in [0.15, 0.2) is 5.96 Å². The third-order valence-corrected chi connectivity index (χ3v) is 3.54. The maximum Gasteiger partial charge on any atom is 0.242 e. The predicted molar refractivity (Wildman–Crippen MR) is 72.3 cm³/mol. The Morgan fingerprint density at radius 3 is 2.22 bits per heavy atom. The zero-order valence-corrected chi connectivity index (χ0v) is 11.0. The molecule has 0 aromatic rings. The van der Waals surface area contributed by atoms with Gasteiger partial charge in [0.2, 0.25) is 5.91 Å². The molecule has 102 valence electrons. The van der Waals surface area contributed by atoms with Crippen LogP contribution in [0.25, 0.3) is 0 Å². The Kier molecular flexibility index (Phi) is 4.84. The normalized spacial score (nSPS) is 22.3. The second-order valence-electron chi connectivity index (χ2n) is 5.38. The highest BCUT2D eigenvalue weighted by molar-refractivity contribution is 5.84. The van der Waals surface area contributed by atoms with Crippen LogP contribution in [0, 0.1) is 0 Å². The Labute approximate surface area is 109 Å². The molecule has 0 radical (unpaired) electrons. The molecule has 0 saturated heterocycles. The van der Waals surface area contributed by atoms with E-state index in [0.717, 1.165) is 25.7 Å². The molecule has 1 amide bonds. The van der Waals surface area contributed by atoms with Gasteiger partial charge in [-0.3, -0.25) is 4.79 Å². The van der Waals surface area contributed by atoms with Gasteiger partial charge in [0.1, 0.15) is 6.54 Å². The van der Waals surface area contributed by atoms with Crippen molar-refractivity contribution < 1.29 is 4.79 Å². The molecular formula is C13H24N4O. The van der Waals surface area contributed by atoms with E-state index in [4.69, 9.17) is 5.73 Å². The van der Waals surface area contributed by atoms with E-state index in [1.54, 1.807) is 0 Å². The van der Waals surface area contributed by atoms with E-state index in [1.807, 2.05) is 0 Å². The van der Waals surface area contributed by atoms with Gasteiger partial charge in [0.25, 0.3) is 0 Å². The minimum Gasteiger partial charge on any atom is -0.370 e. The molecule has 2 saturated carbocycles. The van der Waals surface area contributed by atoms with Crippen molar-refractivity contribution in [3.8, 4) is 0 Å². The molecule has 0 aromatic carbocycles. The zero-order valence-electron chi connectivity index (χ0n) is 11.0. The Morgan fingerprint density at radius 2 is 1.61 bits per heavy atom. The van der Waals surface area contributed by atoms with Crippen molar-refractivity contribution in [3.63, 3.8) is 0 Å². The second-order valence-corrected chi connectivity index (χ2v) is 5.38. The number of carbonyl (C=O) groups is 1. The van der Waals surface area contributed by atoms with E-state index >= 15 is 0 Å². The SMILES string of the molecule is NC(=NCC(=O)NC1CC1)NC1CCCCCC1. The van der Waals surface area contributed by atoms with Crippen molar-refractivity contribution in [2.24, 2.45) is 10.7 Å². The van der Waals surface area contributed by atoms with Gasteiger partial charge in [0.05, 0.1) is 0 Å². The fourth-order valence-electron chi connectivity index (χ4n) is 2.34. The molecule has 18 heavy (non-hydrogen) atoms. The molecule has 4 N–H and O–H groups in total. The molecule has 2 aliphatic rings. The number of aliphatic imine (C=N–C) groups is 1. The number of rotatable bonds is 4. The first-order valence-corrected chi connectivity index (χ1v) is 7.10. The number of nitrogens with zero attached hydrogens (tertiary/aromatic N) is 1. The summed E-state index contributed by atoms with van der Waals surface area (Å²) in [6.45, 7) is 0.141. The molecule has 5 nitrogen and oxygen atoms in total. The van der Waals surface area contributed by atoms with E-state index in [0.29, 0.717) is 18.0 Å². The molecule has 0 aliphatic heterocycles. The standard InChI is InChI=1S/C13H24N4O/c14-13(15-9-12(18)16-11-7-8-11)17-10-5-3-1-2-4-6-10/h10-11H,1-9H2,(H,16,18)(H3,14,15,17). The number of hydrogen-bond donors (Lipinski definition) is 3. The van der Waals surface area contributed by atoms with Gasteiger partial charge < -0.3 is 16.4 Å². The molecule has 0 bridgehead atoms. The van der Waals surface area contributed by atoms with E-state index in [1.165, 1.54) is 25.7 Å². The average molecular weight is 252 g/mol. The largest absolute Gasteiger partial charge is 0.370 e. The summed E-state index contributed by atoms with van der Waals surface area (Å²) < 4.78 is 0. The van der Waals surface area contributed by atoms with Gasteiger partial charge in [-0.15, -0.1) is 0 Å². The van der Waals surface area contributed by atoms with E-state index in [9.17, 15) is 4.79 Å². The fourth-order valence-corrected chi connectivity index (χ4v) is 2.34. The zero-order chi connectivity index (χ0) is 12.8. The van der Waals surface area contributed by atoms with Gasteiger partial charge in [0, 0.05) is 12.1 Å². The third kappa shape index (κ3) is 4.94. The van der Waals surface area contributed by atoms with Gasteiger partial charge in [-0.05, 0) is 25.7 Å². The van der Waals surface area contributed by atoms with Crippen LogP contribution >= 0.6 is 0 Å². The predicted octanol–water partition coefficient (Wildman–Crippen LogP) is 0.892. The first-order valence-electron chi connectivity index (χ1n) is 7.10. The maximum absolute atomic E-state index is 11.4. The molecule has 2 aliphatic carbocycles. The van der Waals surface area contributed by atoms with Crippen LogP contribution in [-0.2, 0) is 4.79 Å². The molecule has 0 spiro atoms. The van der Waals surface area contributed by atoms with Crippen molar-refractivity contribution in [1.82, 2.24) is 10.6 Å². The van der Waals surface area contributed by atoms with Gasteiger partial charge in [-0.1, -0.05) is 25.7 Å². The van der Waals surface area contributed by atoms with Gasteiger partial charge in [-0.25, -0.2) is 4.99 Å². The summed E-state index contributed by atoms with van der Waals surface area (Å²) in [5.74, 6) is 0.385. The monoisotopic (exact) mass is 252 g/mol. The number of guanidine groups is 1. The summed E-state index contributed by atoms with van der Waals surface area (Å²) in [5.41, 5.74) is 5.81. The molecule has 0 aromatic heterocycles. The highest BCUT2D eigenvalue weighted by Crippen LogP contribution is 2.18. The van der Waals surface area contributed by atoms with E-state index in [2.05, 4.69) is 15.6 Å². The van der Waals surface area contributed by atoms with Crippen LogP contribution in [0.5, 0.6) is 0 Å².